The molecule has 200 valence electrons. The maximum atomic E-state index is 13.0. The topological polar surface area (TPSA) is 119 Å². The molecule has 1 heterocycles. The lowest BCUT2D eigenvalue weighted by molar-refractivity contribution is -0.123. The predicted molar refractivity (Wildman–Crippen MR) is 145 cm³/mol. The summed E-state index contributed by atoms with van der Waals surface area (Å²) in [6.45, 7) is 2.22. The van der Waals surface area contributed by atoms with Gasteiger partial charge in [-0.15, -0.1) is 0 Å². The Kier molecular flexibility index (Phi) is 9.28. The Morgan fingerprint density at radius 1 is 0.895 bits per heavy atom. The summed E-state index contributed by atoms with van der Waals surface area (Å²) in [5.41, 5.74) is 8.46. The molecule has 1 aliphatic heterocycles. The highest BCUT2D eigenvalue weighted by atomic mass is 32.2. The van der Waals surface area contributed by atoms with Crippen molar-refractivity contribution >= 4 is 21.7 Å². The molecule has 1 saturated heterocycles. The fourth-order valence-corrected chi connectivity index (χ4v) is 5.74. The van der Waals surface area contributed by atoms with E-state index in [1.807, 2.05) is 42.5 Å². The highest BCUT2D eigenvalue weighted by molar-refractivity contribution is 7.91. The van der Waals surface area contributed by atoms with Crippen molar-refractivity contribution in [1.82, 2.24) is 10.2 Å². The Hall–Kier alpha value is -3.53. The van der Waals surface area contributed by atoms with Crippen LogP contribution in [0.2, 0.25) is 0 Å². The van der Waals surface area contributed by atoms with Crippen molar-refractivity contribution in [3.8, 4) is 0 Å². The number of nitrogens with zero attached hydrogens (tertiary/aromatic N) is 1. The number of nitrogens with one attached hydrogen (secondary N) is 1. The minimum atomic E-state index is -3.51. The summed E-state index contributed by atoms with van der Waals surface area (Å²) < 4.78 is 31.0. The van der Waals surface area contributed by atoms with Crippen LogP contribution in [0, 0.1) is 0 Å². The predicted octanol–water partition coefficient (Wildman–Crippen LogP) is 2.75. The second kappa shape index (κ2) is 12.8. The Bertz CT molecular complexity index is 1310. The van der Waals surface area contributed by atoms with E-state index in [9.17, 15) is 18.0 Å². The molecule has 3 aromatic rings. The number of nitrogens with two attached hydrogens (primary N) is 1. The van der Waals surface area contributed by atoms with Crippen molar-refractivity contribution in [1.29, 1.82) is 0 Å². The van der Waals surface area contributed by atoms with Crippen LogP contribution < -0.4 is 11.1 Å². The quantitative estimate of drug-likeness (QED) is 0.412. The van der Waals surface area contributed by atoms with E-state index in [1.165, 1.54) is 0 Å². The summed E-state index contributed by atoms with van der Waals surface area (Å²) >= 11 is 0. The summed E-state index contributed by atoms with van der Waals surface area (Å²) in [4.78, 5) is 27.7. The summed E-state index contributed by atoms with van der Waals surface area (Å²) in [6.07, 6.45) is 0.486. The minimum Gasteiger partial charge on any atom is -0.378 e. The normalized spacial score (nSPS) is 15.4. The second-order valence-corrected chi connectivity index (χ2v) is 11.4. The molecule has 2 atom stereocenters. The summed E-state index contributed by atoms with van der Waals surface area (Å²) in [6, 6.07) is 23.3. The van der Waals surface area contributed by atoms with Gasteiger partial charge in [-0.1, -0.05) is 60.7 Å². The molecular weight excluding hydrogens is 502 g/mol. The molecule has 0 bridgehead atoms. The molecule has 1 aliphatic rings. The van der Waals surface area contributed by atoms with Crippen LogP contribution in [-0.2, 0) is 25.8 Å². The third kappa shape index (κ3) is 7.28. The van der Waals surface area contributed by atoms with Gasteiger partial charge in [0.1, 0.15) is 0 Å². The van der Waals surface area contributed by atoms with Crippen LogP contribution in [0.3, 0.4) is 0 Å². The van der Waals surface area contributed by atoms with Gasteiger partial charge in [0, 0.05) is 18.7 Å². The third-order valence-electron chi connectivity index (χ3n) is 6.59. The van der Waals surface area contributed by atoms with Gasteiger partial charge < -0.3 is 20.7 Å². The largest absolute Gasteiger partial charge is 0.378 e. The van der Waals surface area contributed by atoms with Gasteiger partial charge in [0.2, 0.25) is 5.91 Å². The fraction of sp³-hybridized carbons (Fsp3) is 0.310. The molecule has 4 rings (SSSR count). The van der Waals surface area contributed by atoms with Gasteiger partial charge in [-0.2, -0.15) is 0 Å². The number of morpholine rings is 1. The van der Waals surface area contributed by atoms with E-state index < -0.39 is 21.9 Å². The van der Waals surface area contributed by atoms with Crippen LogP contribution in [0.25, 0.3) is 0 Å². The lowest BCUT2D eigenvalue weighted by Crippen LogP contribution is -2.44. The molecule has 1 fully saturated rings. The SMILES string of the molecule is N[C@@H](Cc1ccc(C(=O)N2CCOCC2)cc1)C(=O)NC(CCS(=O)(=O)c1ccccc1)c1ccccc1. The van der Waals surface area contributed by atoms with Gasteiger partial charge >= 0.3 is 0 Å². The highest BCUT2D eigenvalue weighted by Gasteiger charge is 2.23. The first-order valence-electron chi connectivity index (χ1n) is 12.7. The van der Waals surface area contributed by atoms with Crippen LogP contribution in [0.4, 0.5) is 0 Å². The van der Waals surface area contributed by atoms with Gasteiger partial charge in [-0.05, 0) is 48.2 Å². The molecule has 3 N–H and O–H groups in total. The standard InChI is InChI=1S/C29H33N3O5S/c30-26(21-22-11-13-24(14-12-22)29(34)32-16-18-37-19-17-32)28(33)31-27(23-7-3-1-4-8-23)15-20-38(35,36)25-9-5-2-6-10-25/h1-14,26-27H,15-21,30H2,(H,31,33)/t26-,27?/m0/s1. The molecule has 0 aromatic heterocycles. The van der Waals surface area contributed by atoms with E-state index in [0.29, 0.717) is 31.9 Å². The lowest BCUT2D eigenvalue weighted by atomic mass is 10.0. The number of ether oxygens (including phenoxy) is 1. The molecule has 1 unspecified atom stereocenters. The first kappa shape index (κ1) is 27.5. The van der Waals surface area contributed by atoms with Crippen LogP contribution in [0.15, 0.2) is 89.8 Å². The molecule has 8 nitrogen and oxygen atoms in total. The molecular formula is C29H33N3O5S. The maximum absolute atomic E-state index is 13.0. The van der Waals surface area contributed by atoms with Gasteiger partial charge in [-0.3, -0.25) is 9.59 Å². The molecule has 38 heavy (non-hydrogen) atoms. The van der Waals surface area contributed by atoms with Crippen molar-refractivity contribution in [3.63, 3.8) is 0 Å². The van der Waals surface area contributed by atoms with Crippen molar-refractivity contribution in [2.24, 2.45) is 5.73 Å². The summed E-state index contributed by atoms with van der Waals surface area (Å²) in [7, 11) is -3.51. The molecule has 2 amide bonds. The number of carbonyl (C=O) groups is 2. The van der Waals surface area contributed by atoms with E-state index in [1.54, 1.807) is 47.4 Å². The summed E-state index contributed by atoms with van der Waals surface area (Å²) in [5.74, 6) is -0.535. The molecule has 0 spiro atoms. The third-order valence-corrected chi connectivity index (χ3v) is 8.35. The monoisotopic (exact) mass is 535 g/mol. The molecule has 0 saturated carbocycles. The van der Waals surface area contributed by atoms with Crippen molar-refractivity contribution in [2.45, 2.75) is 29.8 Å². The zero-order valence-corrected chi connectivity index (χ0v) is 22.0. The lowest BCUT2D eigenvalue weighted by Gasteiger charge is -2.27. The number of amides is 2. The molecule has 0 aliphatic carbocycles. The number of carbonyl (C=O) groups excluding carboxylic acids is 2. The van der Waals surface area contributed by atoms with E-state index >= 15 is 0 Å². The van der Waals surface area contributed by atoms with Crippen LogP contribution >= 0.6 is 0 Å². The van der Waals surface area contributed by atoms with E-state index in [0.717, 1.165) is 11.1 Å². The highest BCUT2D eigenvalue weighted by Crippen LogP contribution is 2.21. The van der Waals surface area contributed by atoms with Gasteiger partial charge in [-0.25, -0.2) is 8.42 Å². The van der Waals surface area contributed by atoms with Gasteiger partial charge in [0.25, 0.3) is 5.91 Å². The number of hydrogen-bond acceptors (Lipinski definition) is 6. The Labute approximate surface area is 223 Å². The second-order valence-electron chi connectivity index (χ2n) is 9.30. The Morgan fingerprint density at radius 3 is 2.13 bits per heavy atom. The van der Waals surface area contributed by atoms with Crippen molar-refractivity contribution in [2.75, 3.05) is 32.1 Å². The Morgan fingerprint density at radius 2 is 1.50 bits per heavy atom. The average Bonchev–Trinajstić information content (AvgIpc) is 2.96. The van der Waals surface area contributed by atoms with Gasteiger partial charge in [0.05, 0.1) is 35.9 Å². The zero-order valence-electron chi connectivity index (χ0n) is 21.2. The number of rotatable bonds is 10. The number of hydrogen-bond donors (Lipinski definition) is 2. The molecule has 3 aromatic carbocycles. The minimum absolute atomic E-state index is 0.0435. The average molecular weight is 536 g/mol. The molecule has 9 heteroatoms. The van der Waals surface area contributed by atoms with E-state index in [-0.39, 0.29) is 35.3 Å². The first-order chi connectivity index (χ1) is 18.3. The smallest absolute Gasteiger partial charge is 0.254 e. The van der Waals surface area contributed by atoms with Crippen LogP contribution in [0.5, 0.6) is 0 Å². The Balaban J connectivity index is 1.38. The van der Waals surface area contributed by atoms with Crippen LogP contribution in [-0.4, -0.2) is 63.2 Å². The number of benzene rings is 3. The van der Waals surface area contributed by atoms with Crippen molar-refractivity contribution < 1.29 is 22.7 Å². The summed E-state index contributed by atoms with van der Waals surface area (Å²) in [5, 5.41) is 2.95. The first-order valence-corrected chi connectivity index (χ1v) is 14.3. The van der Waals surface area contributed by atoms with E-state index in [4.69, 9.17) is 10.5 Å². The molecule has 0 radical (unpaired) electrons. The van der Waals surface area contributed by atoms with Crippen molar-refractivity contribution in [3.05, 3.63) is 102 Å². The zero-order chi connectivity index (χ0) is 27.0. The number of sulfone groups is 1. The maximum Gasteiger partial charge on any atom is 0.254 e. The fourth-order valence-electron chi connectivity index (χ4n) is 4.38. The van der Waals surface area contributed by atoms with Gasteiger partial charge in [0.15, 0.2) is 9.84 Å². The van der Waals surface area contributed by atoms with Crippen LogP contribution in [0.1, 0.15) is 33.9 Å². The van der Waals surface area contributed by atoms with E-state index in [2.05, 4.69) is 5.32 Å².